The topological polar surface area (TPSA) is 111 Å². The van der Waals surface area contributed by atoms with Crippen LogP contribution in [0.4, 0.5) is 5.69 Å². The maximum atomic E-state index is 12.5. The average molecular weight is 313 g/mol. The van der Waals surface area contributed by atoms with Gasteiger partial charge in [-0.1, -0.05) is 11.6 Å². The predicted octanol–water partition coefficient (Wildman–Crippen LogP) is 1.74. The fourth-order valence-corrected chi connectivity index (χ4v) is 3.39. The number of nitrogens with two attached hydrogens (primary N) is 1. The van der Waals surface area contributed by atoms with Gasteiger partial charge in [-0.05, 0) is 18.2 Å². The number of rotatable bonds is 6. The van der Waals surface area contributed by atoms with E-state index in [1.54, 1.807) is 0 Å². The van der Waals surface area contributed by atoms with E-state index in [0.29, 0.717) is 0 Å². The monoisotopic (exact) mass is 312 g/mol. The second kappa shape index (κ2) is 7.11. The summed E-state index contributed by atoms with van der Waals surface area (Å²) in [5.74, 6) is 0. The average Bonchev–Trinajstić information content (AvgIpc) is 2.41. The first-order chi connectivity index (χ1) is 9.43. The zero-order valence-electron chi connectivity index (χ0n) is 10.6. The maximum Gasteiger partial charge on any atom is 0.245 e. The molecule has 0 saturated carbocycles. The molecule has 8 heteroatoms. The van der Waals surface area contributed by atoms with Crippen LogP contribution in [-0.2, 0) is 10.0 Å². The fraction of sp³-hybridized carbons (Fsp3) is 0.333. The quantitative estimate of drug-likeness (QED) is 0.804. The third-order valence-corrected chi connectivity index (χ3v) is 4.73. The highest BCUT2D eigenvalue weighted by Gasteiger charge is 2.26. The number of nitriles is 2. The van der Waals surface area contributed by atoms with Crippen molar-refractivity contribution in [1.29, 1.82) is 10.5 Å². The van der Waals surface area contributed by atoms with Crippen molar-refractivity contribution in [1.82, 2.24) is 4.31 Å². The maximum absolute atomic E-state index is 12.5. The molecule has 0 aromatic heterocycles. The summed E-state index contributed by atoms with van der Waals surface area (Å²) in [6.45, 7) is 0.0128. The smallest absolute Gasteiger partial charge is 0.245 e. The summed E-state index contributed by atoms with van der Waals surface area (Å²) in [6.07, 6.45) is 0.0657. The number of sulfonamides is 1. The minimum Gasteiger partial charge on any atom is -0.398 e. The van der Waals surface area contributed by atoms with Crippen molar-refractivity contribution >= 4 is 27.3 Å². The molecule has 6 nitrogen and oxygen atoms in total. The molecule has 0 aliphatic heterocycles. The van der Waals surface area contributed by atoms with Crippen LogP contribution in [0.5, 0.6) is 0 Å². The van der Waals surface area contributed by atoms with Crippen LogP contribution < -0.4 is 5.73 Å². The van der Waals surface area contributed by atoms with Gasteiger partial charge < -0.3 is 5.73 Å². The molecule has 0 unspecified atom stereocenters. The van der Waals surface area contributed by atoms with Gasteiger partial charge in [-0.15, -0.1) is 0 Å². The number of halogens is 1. The normalized spacial score (nSPS) is 11.0. The van der Waals surface area contributed by atoms with Crippen LogP contribution in [0, 0.1) is 22.7 Å². The van der Waals surface area contributed by atoms with Crippen LogP contribution in [0.2, 0.25) is 5.02 Å². The van der Waals surface area contributed by atoms with E-state index in [4.69, 9.17) is 27.9 Å². The van der Waals surface area contributed by atoms with Crippen molar-refractivity contribution < 1.29 is 8.42 Å². The Hall–Kier alpha value is -1.80. The van der Waals surface area contributed by atoms with Gasteiger partial charge in [-0.25, -0.2) is 8.42 Å². The third kappa shape index (κ3) is 3.84. The fourth-order valence-electron chi connectivity index (χ4n) is 1.57. The standard InChI is InChI=1S/C12H13ClN4O2S/c13-10-3-4-11(16)12(9-10)20(18,19)17(7-1-5-14)8-2-6-15/h3-4,9H,1-2,7-8,16H2. The second-order valence-electron chi connectivity index (χ2n) is 3.90. The Kier molecular flexibility index (Phi) is 5.78. The van der Waals surface area contributed by atoms with Crippen molar-refractivity contribution in [2.75, 3.05) is 18.8 Å². The number of hydrogen-bond acceptors (Lipinski definition) is 5. The molecule has 0 spiro atoms. The number of anilines is 1. The largest absolute Gasteiger partial charge is 0.398 e. The molecule has 0 bridgehead atoms. The summed E-state index contributed by atoms with van der Waals surface area (Å²) in [5, 5.41) is 17.4. The van der Waals surface area contributed by atoms with E-state index in [9.17, 15) is 8.42 Å². The first-order valence-electron chi connectivity index (χ1n) is 5.72. The summed E-state index contributed by atoms with van der Waals surface area (Å²) in [5.41, 5.74) is 5.75. The van der Waals surface area contributed by atoms with Crippen molar-refractivity contribution in [2.45, 2.75) is 17.7 Å². The molecule has 0 heterocycles. The number of benzene rings is 1. The van der Waals surface area contributed by atoms with E-state index in [0.717, 1.165) is 4.31 Å². The summed E-state index contributed by atoms with van der Waals surface area (Å²) in [6, 6.07) is 7.91. The predicted molar refractivity (Wildman–Crippen MR) is 75.1 cm³/mol. The highest BCUT2D eigenvalue weighted by molar-refractivity contribution is 7.89. The molecule has 2 N–H and O–H groups in total. The zero-order valence-corrected chi connectivity index (χ0v) is 12.2. The zero-order chi connectivity index (χ0) is 15.2. The van der Waals surface area contributed by atoms with Gasteiger partial charge in [0.25, 0.3) is 0 Å². The molecule has 1 rings (SSSR count). The van der Waals surface area contributed by atoms with Crippen LogP contribution in [0.1, 0.15) is 12.8 Å². The molecule has 0 aliphatic carbocycles. The Morgan fingerprint density at radius 3 is 2.25 bits per heavy atom. The lowest BCUT2D eigenvalue weighted by molar-refractivity contribution is 0.425. The highest BCUT2D eigenvalue weighted by Crippen LogP contribution is 2.26. The van der Waals surface area contributed by atoms with E-state index in [1.165, 1.54) is 18.2 Å². The number of nitrogens with zero attached hydrogens (tertiary/aromatic N) is 3. The summed E-state index contributed by atoms with van der Waals surface area (Å²) < 4.78 is 26.0. The molecule has 0 aliphatic rings. The molecule has 0 amide bonds. The third-order valence-electron chi connectivity index (χ3n) is 2.54. The van der Waals surface area contributed by atoms with Crippen LogP contribution in [-0.4, -0.2) is 25.8 Å². The SMILES string of the molecule is N#CCCN(CCC#N)S(=O)(=O)c1cc(Cl)ccc1N. The summed E-state index contributed by atoms with van der Waals surface area (Å²) in [7, 11) is -3.88. The lowest BCUT2D eigenvalue weighted by Crippen LogP contribution is -2.33. The molecular formula is C12H13ClN4O2S. The van der Waals surface area contributed by atoms with E-state index in [2.05, 4.69) is 0 Å². The van der Waals surface area contributed by atoms with Crippen molar-refractivity contribution in [3.05, 3.63) is 23.2 Å². The Morgan fingerprint density at radius 1 is 1.20 bits per heavy atom. The van der Waals surface area contributed by atoms with E-state index < -0.39 is 10.0 Å². The van der Waals surface area contributed by atoms with E-state index in [1.807, 2.05) is 12.1 Å². The number of nitrogen functional groups attached to an aromatic ring is 1. The molecule has 0 fully saturated rings. The Balaban J connectivity index is 3.18. The van der Waals surface area contributed by atoms with Crippen LogP contribution in [0.25, 0.3) is 0 Å². The number of hydrogen-bond donors (Lipinski definition) is 1. The lowest BCUT2D eigenvalue weighted by Gasteiger charge is -2.21. The van der Waals surface area contributed by atoms with Gasteiger partial charge in [0.2, 0.25) is 10.0 Å². The van der Waals surface area contributed by atoms with Gasteiger partial charge in [-0.3, -0.25) is 0 Å². The highest BCUT2D eigenvalue weighted by atomic mass is 35.5. The van der Waals surface area contributed by atoms with Crippen LogP contribution in [0.3, 0.4) is 0 Å². The minimum absolute atomic E-state index is 0.00642. The van der Waals surface area contributed by atoms with Crippen LogP contribution >= 0.6 is 11.6 Å². The first kappa shape index (κ1) is 16.3. The van der Waals surface area contributed by atoms with E-state index >= 15 is 0 Å². The molecule has 0 radical (unpaired) electrons. The summed E-state index contributed by atoms with van der Waals surface area (Å²) >= 11 is 5.79. The molecular weight excluding hydrogens is 300 g/mol. The second-order valence-corrected chi connectivity index (χ2v) is 6.25. The Morgan fingerprint density at radius 2 is 1.75 bits per heavy atom. The lowest BCUT2D eigenvalue weighted by atomic mass is 10.3. The van der Waals surface area contributed by atoms with Gasteiger partial charge in [0, 0.05) is 31.0 Å². The molecule has 1 aromatic carbocycles. The minimum atomic E-state index is -3.88. The van der Waals surface area contributed by atoms with Crippen molar-refractivity contribution in [2.24, 2.45) is 0 Å². The Bertz CT molecular complexity index is 643. The van der Waals surface area contributed by atoms with E-state index in [-0.39, 0.29) is 41.5 Å². The van der Waals surface area contributed by atoms with Crippen LogP contribution in [0.15, 0.2) is 23.1 Å². The van der Waals surface area contributed by atoms with Gasteiger partial charge in [0.1, 0.15) is 4.90 Å². The molecule has 1 aromatic rings. The molecule has 106 valence electrons. The van der Waals surface area contributed by atoms with Gasteiger partial charge in [0.05, 0.1) is 17.8 Å². The molecule has 20 heavy (non-hydrogen) atoms. The summed E-state index contributed by atoms with van der Waals surface area (Å²) in [4.78, 5) is -0.110. The van der Waals surface area contributed by atoms with Crippen molar-refractivity contribution in [3.8, 4) is 12.1 Å². The van der Waals surface area contributed by atoms with Gasteiger partial charge in [-0.2, -0.15) is 14.8 Å². The first-order valence-corrected chi connectivity index (χ1v) is 7.54. The molecule has 0 saturated heterocycles. The Labute approximate surface area is 123 Å². The van der Waals surface area contributed by atoms with Crippen molar-refractivity contribution in [3.63, 3.8) is 0 Å². The van der Waals surface area contributed by atoms with Gasteiger partial charge in [0.15, 0.2) is 0 Å². The van der Waals surface area contributed by atoms with Gasteiger partial charge >= 0.3 is 0 Å². The molecule has 0 atom stereocenters.